The molecule has 90 valence electrons. The first-order chi connectivity index (χ1) is 8.29. The topological polar surface area (TPSA) is 55.6 Å². The summed E-state index contributed by atoms with van der Waals surface area (Å²) < 4.78 is 1.72. The standard InChI is InChI=1S/C12H17N5/c1-3-14-12(10-5-4-6-13-8-10)7-11-9-17(2)16-15-11/h4-6,8-9,12,14H,3,7H2,1-2H3. The lowest BCUT2D eigenvalue weighted by atomic mass is 10.0. The molecule has 0 fully saturated rings. The van der Waals surface area contributed by atoms with E-state index in [-0.39, 0.29) is 6.04 Å². The molecular weight excluding hydrogens is 214 g/mol. The molecule has 5 heteroatoms. The Morgan fingerprint density at radius 2 is 2.35 bits per heavy atom. The van der Waals surface area contributed by atoms with Crippen LogP contribution in [0.5, 0.6) is 0 Å². The van der Waals surface area contributed by atoms with Gasteiger partial charge in [-0.15, -0.1) is 5.10 Å². The number of aryl methyl sites for hydroxylation is 1. The number of pyridine rings is 1. The van der Waals surface area contributed by atoms with Crippen LogP contribution in [0.25, 0.3) is 0 Å². The third-order valence-corrected chi connectivity index (χ3v) is 2.60. The SMILES string of the molecule is CCNC(Cc1cn(C)nn1)c1cccnc1. The van der Waals surface area contributed by atoms with Crippen LogP contribution in [0, 0.1) is 0 Å². The van der Waals surface area contributed by atoms with Gasteiger partial charge >= 0.3 is 0 Å². The third kappa shape index (κ3) is 3.10. The molecular formula is C12H17N5. The van der Waals surface area contributed by atoms with Crippen molar-refractivity contribution in [2.24, 2.45) is 7.05 Å². The van der Waals surface area contributed by atoms with Gasteiger partial charge in [0.05, 0.1) is 5.69 Å². The van der Waals surface area contributed by atoms with Gasteiger partial charge in [-0.25, -0.2) is 0 Å². The Balaban J connectivity index is 2.13. The van der Waals surface area contributed by atoms with Crippen molar-refractivity contribution in [3.05, 3.63) is 42.0 Å². The Bertz CT molecular complexity index is 451. The summed E-state index contributed by atoms with van der Waals surface area (Å²) >= 11 is 0. The molecule has 0 bridgehead atoms. The van der Waals surface area contributed by atoms with Crippen LogP contribution >= 0.6 is 0 Å². The van der Waals surface area contributed by atoms with E-state index < -0.39 is 0 Å². The molecule has 0 aliphatic rings. The smallest absolute Gasteiger partial charge is 0.0845 e. The molecule has 0 aromatic carbocycles. The minimum atomic E-state index is 0.241. The molecule has 2 heterocycles. The lowest BCUT2D eigenvalue weighted by Crippen LogP contribution is -2.23. The number of aromatic nitrogens is 4. The fourth-order valence-corrected chi connectivity index (χ4v) is 1.83. The molecule has 5 nitrogen and oxygen atoms in total. The second kappa shape index (κ2) is 5.54. The monoisotopic (exact) mass is 231 g/mol. The van der Waals surface area contributed by atoms with Gasteiger partial charge in [-0.2, -0.15) is 0 Å². The highest BCUT2D eigenvalue weighted by molar-refractivity contribution is 5.16. The van der Waals surface area contributed by atoms with Crippen LogP contribution in [-0.2, 0) is 13.5 Å². The highest BCUT2D eigenvalue weighted by Crippen LogP contribution is 2.15. The van der Waals surface area contributed by atoms with Crippen molar-refractivity contribution < 1.29 is 0 Å². The number of hydrogen-bond donors (Lipinski definition) is 1. The molecule has 1 unspecified atom stereocenters. The van der Waals surface area contributed by atoms with Crippen molar-refractivity contribution in [3.63, 3.8) is 0 Å². The maximum atomic E-state index is 4.15. The summed E-state index contributed by atoms with van der Waals surface area (Å²) in [6, 6.07) is 4.28. The summed E-state index contributed by atoms with van der Waals surface area (Å²) in [6.45, 7) is 3.01. The maximum absolute atomic E-state index is 4.15. The second-order valence-corrected chi connectivity index (χ2v) is 3.98. The first-order valence-corrected chi connectivity index (χ1v) is 5.78. The van der Waals surface area contributed by atoms with Crippen molar-refractivity contribution in [2.45, 2.75) is 19.4 Å². The lowest BCUT2D eigenvalue weighted by molar-refractivity contribution is 0.542. The normalized spacial score (nSPS) is 12.6. The van der Waals surface area contributed by atoms with Crippen molar-refractivity contribution >= 4 is 0 Å². The molecule has 1 atom stereocenters. The highest BCUT2D eigenvalue weighted by atomic mass is 15.4. The Morgan fingerprint density at radius 1 is 1.47 bits per heavy atom. The minimum absolute atomic E-state index is 0.241. The zero-order chi connectivity index (χ0) is 12.1. The molecule has 2 aromatic heterocycles. The third-order valence-electron chi connectivity index (χ3n) is 2.60. The van der Waals surface area contributed by atoms with Gasteiger partial charge in [0.1, 0.15) is 0 Å². The molecule has 1 N–H and O–H groups in total. The van der Waals surface area contributed by atoms with Crippen LogP contribution in [-0.4, -0.2) is 26.5 Å². The van der Waals surface area contributed by atoms with E-state index in [4.69, 9.17) is 0 Å². The number of rotatable bonds is 5. The Kier molecular flexibility index (Phi) is 3.82. The van der Waals surface area contributed by atoms with Crippen LogP contribution in [0.1, 0.15) is 24.2 Å². The number of hydrogen-bond acceptors (Lipinski definition) is 4. The summed E-state index contributed by atoms with van der Waals surface area (Å²) in [5.41, 5.74) is 2.17. The van der Waals surface area contributed by atoms with E-state index in [2.05, 4.69) is 33.6 Å². The predicted octanol–water partition coefficient (Wildman–Crippen LogP) is 1.10. The van der Waals surface area contributed by atoms with Gasteiger partial charge in [0, 0.05) is 38.1 Å². The molecule has 0 saturated carbocycles. The van der Waals surface area contributed by atoms with Gasteiger partial charge in [-0.05, 0) is 18.2 Å². The summed E-state index contributed by atoms with van der Waals surface area (Å²) in [5, 5.41) is 11.5. The van der Waals surface area contributed by atoms with Gasteiger partial charge in [-0.3, -0.25) is 9.67 Å². The van der Waals surface area contributed by atoms with E-state index in [1.54, 1.807) is 10.9 Å². The fourth-order valence-electron chi connectivity index (χ4n) is 1.83. The van der Waals surface area contributed by atoms with Crippen LogP contribution in [0.15, 0.2) is 30.7 Å². The maximum Gasteiger partial charge on any atom is 0.0845 e. The first kappa shape index (κ1) is 11.7. The van der Waals surface area contributed by atoms with E-state index in [1.807, 2.05) is 25.5 Å². The van der Waals surface area contributed by atoms with E-state index in [1.165, 1.54) is 5.56 Å². The molecule has 0 radical (unpaired) electrons. The van der Waals surface area contributed by atoms with Crippen LogP contribution in [0.4, 0.5) is 0 Å². The van der Waals surface area contributed by atoms with Gasteiger partial charge in [-0.1, -0.05) is 18.2 Å². The molecule has 17 heavy (non-hydrogen) atoms. The number of nitrogens with zero attached hydrogens (tertiary/aromatic N) is 4. The van der Waals surface area contributed by atoms with E-state index >= 15 is 0 Å². The fraction of sp³-hybridized carbons (Fsp3) is 0.417. The van der Waals surface area contributed by atoms with Crippen molar-refractivity contribution in [1.82, 2.24) is 25.3 Å². The van der Waals surface area contributed by atoms with Gasteiger partial charge in [0.25, 0.3) is 0 Å². The molecule has 0 spiro atoms. The molecule has 0 amide bonds. The summed E-state index contributed by atoms with van der Waals surface area (Å²) in [6.07, 6.45) is 6.45. The van der Waals surface area contributed by atoms with E-state index in [0.29, 0.717) is 0 Å². The Labute approximate surface area is 101 Å². The highest BCUT2D eigenvalue weighted by Gasteiger charge is 2.12. The van der Waals surface area contributed by atoms with E-state index in [9.17, 15) is 0 Å². The quantitative estimate of drug-likeness (QED) is 0.837. The zero-order valence-corrected chi connectivity index (χ0v) is 10.2. The number of likely N-dealkylation sites (N-methyl/N-ethyl adjacent to an activating group) is 1. The largest absolute Gasteiger partial charge is 0.310 e. The van der Waals surface area contributed by atoms with Crippen LogP contribution in [0.3, 0.4) is 0 Å². The van der Waals surface area contributed by atoms with E-state index in [0.717, 1.165) is 18.7 Å². The molecule has 0 saturated heterocycles. The van der Waals surface area contributed by atoms with Crippen molar-refractivity contribution in [1.29, 1.82) is 0 Å². The Hall–Kier alpha value is -1.75. The molecule has 2 aromatic rings. The van der Waals surface area contributed by atoms with Crippen LogP contribution < -0.4 is 5.32 Å². The second-order valence-electron chi connectivity index (χ2n) is 3.98. The number of nitrogens with one attached hydrogen (secondary N) is 1. The lowest BCUT2D eigenvalue weighted by Gasteiger charge is -2.16. The average molecular weight is 231 g/mol. The van der Waals surface area contributed by atoms with Gasteiger partial charge in [0.15, 0.2) is 0 Å². The zero-order valence-electron chi connectivity index (χ0n) is 10.2. The van der Waals surface area contributed by atoms with Crippen LogP contribution in [0.2, 0.25) is 0 Å². The predicted molar refractivity (Wildman–Crippen MR) is 65.4 cm³/mol. The molecule has 0 aliphatic heterocycles. The Morgan fingerprint density at radius 3 is 2.94 bits per heavy atom. The minimum Gasteiger partial charge on any atom is -0.310 e. The van der Waals surface area contributed by atoms with Crippen molar-refractivity contribution in [3.8, 4) is 0 Å². The molecule has 2 rings (SSSR count). The van der Waals surface area contributed by atoms with Gasteiger partial charge < -0.3 is 5.32 Å². The summed E-state index contributed by atoms with van der Waals surface area (Å²) in [4.78, 5) is 4.15. The van der Waals surface area contributed by atoms with Crippen molar-refractivity contribution in [2.75, 3.05) is 6.54 Å². The average Bonchev–Trinajstić information content (AvgIpc) is 2.75. The summed E-state index contributed by atoms with van der Waals surface area (Å²) in [5.74, 6) is 0. The molecule has 0 aliphatic carbocycles. The first-order valence-electron chi connectivity index (χ1n) is 5.78. The summed E-state index contributed by atoms with van der Waals surface area (Å²) in [7, 11) is 1.88. The van der Waals surface area contributed by atoms with Gasteiger partial charge in [0.2, 0.25) is 0 Å².